The molecule has 0 aromatic heterocycles. The predicted octanol–water partition coefficient (Wildman–Crippen LogP) is 2.02. The summed E-state index contributed by atoms with van der Waals surface area (Å²) in [7, 11) is 0. The summed E-state index contributed by atoms with van der Waals surface area (Å²) in [6, 6.07) is 10.5. The van der Waals surface area contributed by atoms with Crippen molar-refractivity contribution in [2.75, 3.05) is 6.61 Å². The fourth-order valence-corrected chi connectivity index (χ4v) is 0.677. The third-order valence-electron chi connectivity index (χ3n) is 1.19. The molecule has 1 rings (SSSR count). The Labute approximate surface area is 72.2 Å². The van der Waals surface area contributed by atoms with E-state index in [1.165, 1.54) is 0 Å². The van der Waals surface area contributed by atoms with Crippen LogP contribution in [0.15, 0.2) is 42.1 Å². The number of hydrogen-bond acceptors (Lipinski definition) is 2. The molecule has 0 saturated carbocycles. The maximum Gasteiger partial charge on any atom is 0.135 e. The van der Waals surface area contributed by atoms with Crippen molar-refractivity contribution >= 4 is 6.21 Å². The van der Waals surface area contributed by atoms with E-state index in [9.17, 15) is 0 Å². The fourth-order valence-electron chi connectivity index (χ4n) is 0.677. The lowest BCUT2D eigenvalue weighted by molar-refractivity contribution is 0.176. The van der Waals surface area contributed by atoms with Crippen molar-refractivity contribution in [3.63, 3.8) is 0 Å². The molecule has 1 aromatic carbocycles. The van der Waals surface area contributed by atoms with Gasteiger partial charge in [-0.05, 0) is 6.07 Å². The molecule has 61 valence electrons. The number of rotatable bonds is 4. The molecule has 2 heteroatoms. The third kappa shape index (κ3) is 3.01. The van der Waals surface area contributed by atoms with Gasteiger partial charge in [-0.25, -0.2) is 0 Å². The van der Waals surface area contributed by atoms with Gasteiger partial charge in [-0.15, -0.1) is 0 Å². The van der Waals surface area contributed by atoms with Gasteiger partial charge in [-0.3, -0.25) is 0 Å². The number of hydrogen-bond donors (Lipinski definition) is 0. The van der Waals surface area contributed by atoms with Gasteiger partial charge in [0, 0.05) is 5.56 Å². The van der Waals surface area contributed by atoms with E-state index < -0.39 is 0 Å². The molecule has 0 N–H and O–H groups in total. The summed E-state index contributed by atoms with van der Waals surface area (Å²) >= 11 is 0. The fraction of sp³-hybridized carbons (Fsp3) is 0.100. The lowest BCUT2D eigenvalue weighted by Gasteiger charge is -1.91. The van der Waals surface area contributed by atoms with Crippen LogP contribution in [-0.4, -0.2) is 12.8 Å². The van der Waals surface area contributed by atoms with Crippen molar-refractivity contribution in [2.45, 2.75) is 0 Å². The Morgan fingerprint density at radius 2 is 2.50 bits per heavy atom. The molecular formula is C10H10NO. The molecule has 0 aliphatic carbocycles. The zero-order valence-electron chi connectivity index (χ0n) is 6.73. The van der Waals surface area contributed by atoms with Gasteiger partial charge in [0.05, 0.1) is 6.21 Å². The van der Waals surface area contributed by atoms with Crippen LogP contribution in [0.1, 0.15) is 5.56 Å². The minimum absolute atomic E-state index is 0.434. The van der Waals surface area contributed by atoms with Gasteiger partial charge in [0.25, 0.3) is 0 Å². The van der Waals surface area contributed by atoms with Crippen LogP contribution in [0.3, 0.4) is 0 Å². The van der Waals surface area contributed by atoms with Crippen LogP contribution >= 0.6 is 0 Å². The van der Waals surface area contributed by atoms with Gasteiger partial charge in [0.1, 0.15) is 6.61 Å². The molecule has 0 heterocycles. The number of benzene rings is 1. The maximum absolute atomic E-state index is 4.82. The monoisotopic (exact) mass is 160 g/mol. The van der Waals surface area contributed by atoms with Gasteiger partial charge in [0.2, 0.25) is 0 Å². The Kier molecular flexibility index (Phi) is 3.64. The summed E-state index contributed by atoms with van der Waals surface area (Å²) in [6.45, 7) is 3.93. The molecule has 0 fully saturated rings. The SMILES string of the molecule is C=CCON=Cc1[c]cccc1. The maximum atomic E-state index is 4.82. The second-order valence-corrected chi connectivity index (χ2v) is 2.14. The van der Waals surface area contributed by atoms with Crippen LogP contribution in [0.25, 0.3) is 0 Å². The largest absolute Gasteiger partial charge is 0.392 e. The highest BCUT2D eigenvalue weighted by atomic mass is 16.6. The van der Waals surface area contributed by atoms with Gasteiger partial charge in [-0.2, -0.15) is 0 Å². The predicted molar refractivity (Wildman–Crippen MR) is 49.0 cm³/mol. The van der Waals surface area contributed by atoms with Crippen molar-refractivity contribution in [3.8, 4) is 0 Å². The second-order valence-electron chi connectivity index (χ2n) is 2.14. The van der Waals surface area contributed by atoms with Crippen LogP contribution in [0.2, 0.25) is 0 Å². The zero-order chi connectivity index (χ0) is 8.65. The minimum Gasteiger partial charge on any atom is -0.392 e. The average Bonchev–Trinajstić information content (AvgIpc) is 2.14. The molecule has 2 nitrogen and oxygen atoms in total. The summed E-state index contributed by atoms with van der Waals surface area (Å²) in [4.78, 5) is 4.82. The molecule has 0 saturated heterocycles. The van der Waals surface area contributed by atoms with E-state index >= 15 is 0 Å². The highest BCUT2D eigenvalue weighted by Gasteiger charge is 1.82. The molecule has 0 amide bonds. The first kappa shape index (κ1) is 8.53. The smallest absolute Gasteiger partial charge is 0.135 e. The molecule has 0 unspecified atom stereocenters. The number of oxime groups is 1. The van der Waals surface area contributed by atoms with Crippen LogP contribution in [0.4, 0.5) is 0 Å². The van der Waals surface area contributed by atoms with Gasteiger partial charge in [-0.1, -0.05) is 42.1 Å². The Morgan fingerprint density at radius 1 is 1.58 bits per heavy atom. The van der Waals surface area contributed by atoms with E-state index in [0.717, 1.165) is 5.56 Å². The van der Waals surface area contributed by atoms with E-state index in [-0.39, 0.29) is 0 Å². The third-order valence-corrected chi connectivity index (χ3v) is 1.19. The van der Waals surface area contributed by atoms with E-state index in [2.05, 4.69) is 17.8 Å². The average molecular weight is 160 g/mol. The van der Waals surface area contributed by atoms with E-state index in [1.807, 2.05) is 24.3 Å². The first-order chi connectivity index (χ1) is 5.93. The van der Waals surface area contributed by atoms with E-state index in [4.69, 9.17) is 4.84 Å². The van der Waals surface area contributed by atoms with E-state index in [1.54, 1.807) is 12.3 Å². The lowest BCUT2D eigenvalue weighted by atomic mass is 10.2. The Morgan fingerprint density at radius 3 is 3.17 bits per heavy atom. The summed E-state index contributed by atoms with van der Waals surface area (Å²) in [5, 5.41) is 3.70. The molecule has 0 spiro atoms. The first-order valence-electron chi connectivity index (χ1n) is 3.66. The summed E-state index contributed by atoms with van der Waals surface area (Å²) in [6.07, 6.45) is 3.26. The van der Waals surface area contributed by atoms with Crippen LogP contribution in [0, 0.1) is 6.07 Å². The standard InChI is InChI=1S/C10H10NO/c1-2-8-12-11-9-10-6-4-3-5-7-10/h2-6,9H,1,8H2. The molecule has 0 aliphatic rings. The molecule has 0 aliphatic heterocycles. The number of nitrogens with zero attached hydrogens (tertiary/aromatic N) is 1. The first-order valence-corrected chi connectivity index (χ1v) is 3.66. The van der Waals surface area contributed by atoms with E-state index in [0.29, 0.717) is 6.61 Å². The summed E-state index contributed by atoms with van der Waals surface area (Å²) in [5.74, 6) is 0. The molecule has 12 heavy (non-hydrogen) atoms. The van der Waals surface area contributed by atoms with Gasteiger partial charge < -0.3 is 4.84 Å². The van der Waals surface area contributed by atoms with Crippen molar-refractivity contribution in [3.05, 3.63) is 48.6 Å². The molecule has 0 atom stereocenters. The quantitative estimate of drug-likeness (QED) is 0.286. The topological polar surface area (TPSA) is 21.6 Å². The normalized spacial score (nSPS) is 10.0. The highest BCUT2D eigenvalue weighted by molar-refractivity contribution is 5.78. The summed E-state index contributed by atoms with van der Waals surface area (Å²) in [5.41, 5.74) is 0.904. The molecular weight excluding hydrogens is 150 g/mol. The molecule has 1 aromatic rings. The van der Waals surface area contributed by atoms with Crippen LogP contribution in [0.5, 0.6) is 0 Å². The minimum atomic E-state index is 0.434. The molecule has 1 radical (unpaired) electrons. The highest BCUT2D eigenvalue weighted by Crippen LogP contribution is 1.92. The lowest BCUT2D eigenvalue weighted by Crippen LogP contribution is -1.84. The van der Waals surface area contributed by atoms with Crippen LogP contribution < -0.4 is 0 Å². The van der Waals surface area contributed by atoms with Crippen molar-refractivity contribution < 1.29 is 4.84 Å². The second kappa shape index (κ2) is 5.13. The summed E-state index contributed by atoms with van der Waals surface area (Å²) < 4.78 is 0. The Hall–Kier alpha value is -1.57. The van der Waals surface area contributed by atoms with Crippen molar-refractivity contribution in [1.29, 1.82) is 0 Å². The van der Waals surface area contributed by atoms with Crippen LogP contribution in [-0.2, 0) is 4.84 Å². The Bertz CT molecular complexity index is 254. The zero-order valence-corrected chi connectivity index (χ0v) is 6.73. The van der Waals surface area contributed by atoms with Gasteiger partial charge in [0.15, 0.2) is 0 Å². The molecule has 0 bridgehead atoms. The van der Waals surface area contributed by atoms with Crippen molar-refractivity contribution in [2.24, 2.45) is 5.16 Å². The van der Waals surface area contributed by atoms with Crippen molar-refractivity contribution in [1.82, 2.24) is 0 Å². The van der Waals surface area contributed by atoms with Gasteiger partial charge >= 0.3 is 0 Å². The Balaban J connectivity index is 2.41.